The lowest BCUT2D eigenvalue weighted by Crippen LogP contribution is -2.45. The maximum atomic E-state index is 13.4. The highest BCUT2D eigenvalue weighted by Gasteiger charge is 2.33. The molecule has 1 aliphatic heterocycles. The number of rotatable bonds is 2. The second kappa shape index (κ2) is 6.17. The van der Waals surface area contributed by atoms with E-state index in [4.69, 9.17) is 0 Å². The number of benzene rings is 1. The third-order valence-corrected chi connectivity index (χ3v) is 5.51. The number of aryl methyl sites for hydroxylation is 1. The van der Waals surface area contributed by atoms with Crippen LogP contribution < -0.4 is 5.32 Å². The second-order valence-electron chi connectivity index (χ2n) is 7.27. The van der Waals surface area contributed by atoms with Crippen LogP contribution in [0.2, 0.25) is 0 Å². The molecule has 1 aromatic carbocycles. The van der Waals surface area contributed by atoms with E-state index in [1.165, 1.54) is 30.9 Å². The Morgan fingerprint density at radius 1 is 1.40 bits per heavy atom. The average Bonchev–Trinajstić information content (AvgIpc) is 2.91. The molecule has 0 radical (unpaired) electrons. The van der Waals surface area contributed by atoms with Crippen LogP contribution in [0.25, 0.3) is 0 Å². The number of amides is 2. The van der Waals surface area contributed by atoms with Crippen molar-refractivity contribution in [2.45, 2.75) is 58.0 Å². The van der Waals surface area contributed by atoms with Crippen molar-refractivity contribution < 1.29 is 9.18 Å². The van der Waals surface area contributed by atoms with E-state index in [1.54, 1.807) is 19.1 Å². The first-order valence-corrected chi connectivity index (χ1v) is 8.92. The van der Waals surface area contributed by atoms with Gasteiger partial charge in [0.2, 0.25) is 0 Å². The zero-order valence-corrected chi connectivity index (χ0v) is 14.6. The normalized spacial score (nSPS) is 20.1. The molecule has 5 nitrogen and oxygen atoms in total. The topological polar surface area (TPSA) is 61.0 Å². The van der Waals surface area contributed by atoms with Gasteiger partial charge < -0.3 is 10.2 Å². The van der Waals surface area contributed by atoms with Gasteiger partial charge in [-0.15, -0.1) is 0 Å². The van der Waals surface area contributed by atoms with Gasteiger partial charge in [-0.25, -0.2) is 9.18 Å². The predicted octanol–water partition coefficient (Wildman–Crippen LogP) is 4.10. The number of nitrogens with zero attached hydrogens (tertiary/aromatic N) is 2. The first kappa shape index (κ1) is 16.1. The number of carbonyl (C=O) groups is 1. The Bertz CT molecular complexity index is 812. The lowest BCUT2D eigenvalue weighted by Gasteiger charge is -2.34. The molecule has 25 heavy (non-hydrogen) atoms. The minimum Gasteiger partial charge on any atom is -0.317 e. The molecule has 6 heteroatoms. The van der Waals surface area contributed by atoms with E-state index in [0.29, 0.717) is 23.7 Å². The number of carbonyl (C=O) groups excluding carboxylic acids is 1. The fraction of sp³-hybridized carbons (Fsp3) is 0.474. The van der Waals surface area contributed by atoms with Crippen molar-refractivity contribution in [3.8, 4) is 0 Å². The van der Waals surface area contributed by atoms with Gasteiger partial charge in [0, 0.05) is 35.3 Å². The van der Waals surface area contributed by atoms with Crippen molar-refractivity contribution >= 4 is 11.7 Å². The summed E-state index contributed by atoms with van der Waals surface area (Å²) < 4.78 is 13.4. The number of hydrogen-bond acceptors (Lipinski definition) is 2. The van der Waals surface area contributed by atoms with Crippen LogP contribution in [0.5, 0.6) is 0 Å². The Morgan fingerprint density at radius 2 is 2.20 bits per heavy atom. The molecule has 1 fully saturated rings. The molecule has 2 aliphatic rings. The molecule has 1 aromatic heterocycles. The summed E-state index contributed by atoms with van der Waals surface area (Å²) in [6, 6.07) is 4.57. The fourth-order valence-corrected chi connectivity index (χ4v) is 3.70. The van der Waals surface area contributed by atoms with E-state index in [2.05, 4.69) is 15.5 Å². The molecule has 2 aromatic rings. The lowest BCUT2D eigenvalue weighted by atomic mass is 9.80. The summed E-state index contributed by atoms with van der Waals surface area (Å²) in [4.78, 5) is 14.6. The van der Waals surface area contributed by atoms with Crippen LogP contribution in [-0.2, 0) is 13.0 Å². The van der Waals surface area contributed by atoms with Gasteiger partial charge in [0.1, 0.15) is 5.82 Å². The molecular formula is C19H23FN4O. The first-order valence-electron chi connectivity index (χ1n) is 8.92. The van der Waals surface area contributed by atoms with Crippen LogP contribution in [0.3, 0.4) is 0 Å². The molecule has 4 rings (SSSR count). The summed E-state index contributed by atoms with van der Waals surface area (Å²) in [5.74, 6) is 0.274. The number of fused-ring (bicyclic) bond motifs is 1. The largest absolute Gasteiger partial charge is 0.322 e. The summed E-state index contributed by atoms with van der Waals surface area (Å²) in [6.07, 6.45) is 4.42. The van der Waals surface area contributed by atoms with Gasteiger partial charge in [-0.05, 0) is 50.5 Å². The van der Waals surface area contributed by atoms with E-state index in [1.807, 2.05) is 11.8 Å². The third-order valence-electron chi connectivity index (χ3n) is 5.51. The van der Waals surface area contributed by atoms with Gasteiger partial charge in [-0.2, -0.15) is 5.10 Å². The van der Waals surface area contributed by atoms with Gasteiger partial charge in [0.25, 0.3) is 0 Å². The summed E-state index contributed by atoms with van der Waals surface area (Å²) in [6.45, 7) is 4.31. The molecule has 0 saturated heterocycles. The van der Waals surface area contributed by atoms with E-state index >= 15 is 0 Å². The highest BCUT2D eigenvalue weighted by molar-refractivity contribution is 5.89. The van der Waals surface area contributed by atoms with Crippen molar-refractivity contribution in [3.05, 3.63) is 46.5 Å². The maximum absolute atomic E-state index is 13.4. The van der Waals surface area contributed by atoms with Crippen LogP contribution in [0.15, 0.2) is 18.2 Å². The molecule has 2 N–H and O–H groups in total. The van der Waals surface area contributed by atoms with Gasteiger partial charge in [-0.1, -0.05) is 6.42 Å². The highest BCUT2D eigenvalue weighted by atomic mass is 19.1. The van der Waals surface area contributed by atoms with Crippen LogP contribution in [0.4, 0.5) is 14.9 Å². The molecule has 2 amide bonds. The molecule has 0 bridgehead atoms. The van der Waals surface area contributed by atoms with Gasteiger partial charge in [0.05, 0.1) is 12.2 Å². The molecule has 0 spiro atoms. The van der Waals surface area contributed by atoms with Crippen LogP contribution in [0.1, 0.15) is 54.6 Å². The van der Waals surface area contributed by atoms with Gasteiger partial charge >= 0.3 is 6.03 Å². The SMILES string of the molecule is Cc1cc(NC(=O)N2Cc3c(C4CCC4)n[nH]c3CC2C)ccc1F. The van der Waals surface area contributed by atoms with Crippen molar-refractivity contribution in [2.24, 2.45) is 0 Å². The monoisotopic (exact) mass is 342 g/mol. The van der Waals surface area contributed by atoms with Crippen LogP contribution in [0, 0.1) is 12.7 Å². The molecule has 1 saturated carbocycles. The summed E-state index contributed by atoms with van der Waals surface area (Å²) in [7, 11) is 0. The Balaban J connectivity index is 1.53. The third kappa shape index (κ3) is 2.90. The van der Waals surface area contributed by atoms with E-state index in [0.717, 1.165) is 17.8 Å². The van der Waals surface area contributed by atoms with Crippen molar-refractivity contribution in [1.82, 2.24) is 15.1 Å². The van der Waals surface area contributed by atoms with Crippen LogP contribution in [-0.4, -0.2) is 27.2 Å². The number of urea groups is 1. The second-order valence-corrected chi connectivity index (χ2v) is 7.27. The Kier molecular flexibility index (Phi) is 3.98. The minimum atomic E-state index is -0.266. The van der Waals surface area contributed by atoms with Crippen molar-refractivity contribution in [1.29, 1.82) is 0 Å². The lowest BCUT2D eigenvalue weighted by molar-refractivity contribution is 0.181. The summed E-state index contributed by atoms with van der Waals surface area (Å²) in [5.41, 5.74) is 4.63. The average molecular weight is 342 g/mol. The van der Waals surface area contributed by atoms with Crippen molar-refractivity contribution in [3.63, 3.8) is 0 Å². The van der Waals surface area contributed by atoms with Crippen molar-refractivity contribution in [2.75, 3.05) is 5.32 Å². The fourth-order valence-electron chi connectivity index (χ4n) is 3.70. The number of hydrogen-bond donors (Lipinski definition) is 2. The number of H-pyrrole nitrogens is 1. The highest BCUT2D eigenvalue weighted by Crippen LogP contribution is 2.39. The number of anilines is 1. The van der Waals surface area contributed by atoms with E-state index < -0.39 is 0 Å². The number of aromatic nitrogens is 2. The molecule has 2 heterocycles. The summed E-state index contributed by atoms with van der Waals surface area (Å²) in [5, 5.41) is 10.6. The number of aromatic amines is 1. The molecule has 1 aliphatic carbocycles. The zero-order valence-electron chi connectivity index (χ0n) is 14.6. The summed E-state index contributed by atoms with van der Waals surface area (Å²) >= 11 is 0. The maximum Gasteiger partial charge on any atom is 0.322 e. The standard InChI is InChI=1S/C19H23FN4O/c1-11-8-14(6-7-16(11)20)21-19(25)24-10-15-17(9-12(24)2)22-23-18(15)13-4-3-5-13/h6-8,12-13H,3-5,9-10H2,1-2H3,(H,21,25)(H,22,23). The number of nitrogens with one attached hydrogen (secondary N) is 2. The predicted molar refractivity (Wildman–Crippen MR) is 94.0 cm³/mol. The van der Waals surface area contributed by atoms with Gasteiger partial charge in [-0.3, -0.25) is 5.10 Å². The Morgan fingerprint density at radius 3 is 2.88 bits per heavy atom. The zero-order chi connectivity index (χ0) is 17.6. The minimum absolute atomic E-state index is 0.0868. The van der Waals surface area contributed by atoms with Gasteiger partial charge in [0.15, 0.2) is 0 Å². The van der Waals surface area contributed by atoms with E-state index in [9.17, 15) is 9.18 Å². The number of halogens is 1. The quantitative estimate of drug-likeness (QED) is 0.863. The smallest absolute Gasteiger partial charge is 0.317 e. The Hall–Kier alpha value is -2.37. The molecule has 1 atom stereocenters. The van der Waals surface area contributed by atoms with Crippen LogP contribution >= 0.6 is 0 Å². The molecule has 132 valence electrons. The Labute approximate surface area is 146 Å². The van der Waals surface area contributed by atoms with E-state index in [-0.39, 0.29) is 17.9 Å². The molecule has 1 unspecified atom stereocenters. The first-order chi connectivity index (χ1) is 12.0. The molecular weight excluding hydrogens is 319 g/mol.